The zero-order valence-corrected chi connectivity index (χ0v) is 14.8. The van der Waals surface area contributed by atoms with Gasteiger partial charge in [0.15, 0.2) is 6.61 Å². The van der Waals surface area contributed by atoms with Crippen molar-refractivity contribution in [3.05, 3.63) is 90.0 Å². The van der Waals surface area contributed by atoms with Gasteiger partial charge < -0.3 is 14.8 Å². The van der Waals surface area contributed by atoms with Crippen molar-refractivity contribution in [1.82, 2.24) is 0 Å². The Hall–Kier alpha value is -3.60. The molecule has 5 heteroatoms. The molecule has 1 N–H and O–H groups in total. The molecule has 3 aromatic carbocycles. The van der Waals surface area contributed by atoms with Gasteiger partial charge in [0.2, 0.25) is 0 Å². The fourth-order valence-corrected chi connectivity index (χ4v) is 2.44. The predicted molar refractivity (Wildman–Crippen MR) is 103 cm³/mol. The van der Waals surface area contributed by atoms with Crippen molar-refractivity contribution >= 4 is 17.6 Å². The second-order valence-electron chi connectivity index (χ2n) is 5.88. The van der Waals surface area contributed by atoms with E-state index in [1.165, 1.54) is 0 Å². The fourth-order valence-electron chi connectivity index (χ4n) is 2.44. The largest absolute Gasteiger partial charge is 0.457 e. The Morgan fingerprint density at radius 3 is 2.15 bits per heavy atom. The maximum Gasteiger partial charge on any atom is 0.338 e. The van der Waals surface area contributed by atoms with Gasteiger partial charge in [0.05, 0.1) is 5.56 Å². The lowest BCUT2D eigenvalue weighted by molar-refractivity contribution is -0.119. The number of anilines is 1. The zero-order valence-electron chi connectivity index (χ0n) is 14.8. The summed E-state index contributed by atoms with van der Waals surface area (Å²) in [5, 5.41) is 2.68. The molecule has 1 amide bonds. The van der Waals surface area contributed by atoms with Crippen molar-refractivity contribution in [3.63, 3.8) is 0 Å². The maximum atomic E-state index is 12.0. The quantitative estimate of drug-likeness (QED) is 0.653. The molecule has 0 aromatic heterocycles. The van der Waals surface area contributed by atoms with Crippen LogP contribution in [0.5, 0.6) is 11.5 Å². The summed E-state index contributed by atoms with van der Waals surface area (Å²) in [5.41, 5.74) is 1.84. The molecule has 0 aliphatic heterocycles. The number of benzene rings is 3. The molecule has 0 spiro atoms. The molecule has 136 valence electrons. The lowest BCUT2D eigenvalue weighted by Gasteiger charge is -2.09. The molecule has 27 heavy (non-hydrogen) atoms. The third-order valence-electron chi connectivity index (χ3n) is 3.82. The van der Waals surface area contributed by atoms with Crippen molar-refractivity contribution < 1.29 is 19.1 Å². The number of para-hydroxylation sites is 1. The van der Waals surface area contributed by atoms with E-state index >= 15 is 0 Å². The van der Waals surface area contributed by atoms with E-state index in [0.29, 0.717) is 17.0 Å². The Morgan fingerprint density at radius 1 is 0.815 bits per heavy atom. The highest BCUT2D eigenvalue weighted by molar-refractivity contribution is 5.96. The number of rotatable bonds is 6. The van der Waals surface area contributed by atoms with E-state index in [-0.39, 0.29) is 6.61 Å². The normalized spacial score (nSPS) is 10.1. The molecule has 0 aliphatic carbocycles. The third-order valence-corrected chi connectivity index (χ3v) is 3.82. The molecule has 0 bridgehead atoms. The average molecular weight is 361 g/mol. The van der Waals surface area contributed by atoms with Gasteiger partial charge in [-0.2, -0.15) is 0 Å². The van der Waals surface area contributed by atoms with Crippen LogP contribution in [-0.2, 0) is 9.53 Å². The number of hydrogen-bond donors (Lipinski definition) is 1. The highest BCUT2D eigenvalue weighted by Crippen LogP contribution is 2.22. The van der Waals surface area contributed by atoms with Gasteiger partial charge in [0.25, 0.3) is 5.91 Å². The van der Waals surface area contributed by atoms with E-state index in [2.05, 4.69) is 5.32 Å². The van der Waals surface area contributed by atoms with E-state index in [1.807, 2.05) is 49.4 Å². The van der Waals surface area contributed by atoms with Crippen LogP contribution in [0.4, 0.5) is 5.69 Å². The molecule has 0 saturated carbocycles. The second-order valence-corrected chi connectivity index (χ2v) is 5.88. The van der Waals surface area contributed by atoms with Crippen LogP contribution >= 0.6 is 0 Å². The van der Waals surface area contributed by atoms with Gasteiger partial charge in [0.1, 0.15) is 11.5 Å². The Bertz CT molecular complexity index is 921. The highest BCUT2D eigenvalue weighted by atomic mass is 16.5. The molecule has 0 aliphatic rings. The molecule has 0 atom stereocenters. The monoisotopic (exact) mass is 361 g/mol. The van der Waals surface area contributed by atoms with Crippen LogP contribution in [0, 0.1) is 6.92 Å². The number of hydrogen-bond acceptors (Lipinski definition) is 4. The van der Waals surface area contributed by atoms with Crippen LogP contribution in [-0.4, -0.2) is 18.5 Å². The number of ether oxygens (including phenoxy) is 2. The minimum atomic E-state index is -0.519. The molecule has 0 unspecified atom stereocenters. The second kappa shape index (κ2) is 8.67. The summed E-state index contributed by atoms with van der Waals surface area (Å²) in [6.45, 7) is 1.46. The number of carbonyl (C=O) groups is 2. The first-order valence-corrected chi connectivity index (χ1v) is 8.47. The molecular weight excluding hydrogens is 342 g/mol. The van der Waals surface area contributed by atoms with Gasteiger partial charge in [-0.15, -0.1) is 0 Å². The van der Waals surface area contributed by atoms with Gasteiger partial charge >= 0.3 is 5.97 Å². The van der Waals surface area contributed by atoms with Gasteiger partial charge in [-0.1, -0.05) is 36.4 Å². The standard InChI is InChI=1S/C22H19NO4/c1-16-7-5-6-10-20(16)22(25)26-15-21(24)23-17-11-13-19(14-12-17)27-18-8-3-2-4-9-18/h2-14H,15H2,1H3,(H,23,24). The predicted octanol–water partition coefficient (Wildman–Crippen LogP) is 4.58. The van der Waals surface area contributed by atoms with E-state index in [0.717, 1.165) is 11.3 Å². The first-order valence-electron chi connectivity index (χ1n) is 8.47. The van der Waals surface area contributed by atoms with Gasteiger partial charge in [-0.05, 0) is 55.0 Å². The zero-order chi connectivity index (χ0) is 19.1. The van der Waals surface area contributed by atoms with Crippen LogP contribution in [0.1, 0.15) is 15.9 Å². The van der Waals surface area contributed by atoms with Crippen molar-refractivity contribution in [2.24, 2.45) is 0 Å². The molecular formula is C22H19NO4. The Morgan fingerprint density at radius 2 is 1.44 bits per heavy atom. The van der Waals surface area contributed by atoms with Crippen molar-refractivity contribution in [2.45, 2.75) is 6.92 Å². The minimum absolute atomic E-state index is 0.352. The van der Waals surface area contributed by atoms with Crippen molar-refractivity contribution in [3.8, 4) is 11.5 Å². The lowest BCUT2D eigenvalue weighted by Crippen LogP contribution is -2.21. The van der Waals surface area contributed by atoms with Gasteiger partial charge in [-0.25, -0.2) is 4.79 Å². The number of aryl methyl sites for hydroxylation is 1. The molecule has 5 nitrogen and oxygen atoms in total. The smallest absolute Gasteiger partial charge is 0.338 e. The third kappa shape index (κ3) is 5.19. The number of carbonyl (C=O) groups excluding carboxylic acids is 2. The Balaban J connectivity index is 1.50. The summed E-state index contributed by atoms with van der Waals surface area (Å²) in [7, 11) is 0. The first kappa shape index (κ1) is 18.2. The Labute approximate surface area is 157 Å². The maximum absolute atomic E-state index is 12.0. The molecule has 0 heterocycles. The number of esters is 1. The van der Waals surface area contributed by atoms with E-state index < -0.39 is 11.9 Å². The molecule has 0 saturated heterocycles. The Kier molecular flexibility index (Phi) is 5.84. The first-order chi connectivity index (χ1) is 13.1. The van der Waals surface area contributed by atoms with E-state index in [1.54, 1.807) is 36.4 Å². The van der Waals surface area contributed by atoms with Gasteiger partial charge in [-0.3, -0.25) is 4.79 Å². The number of amides is 1. The summed E-state index contributed by atoms with van der Waals surface area (Å²) < 4.78 is 10.8. The molecule has 3 aromatic rings. The summed E-state index contributed by atoms with van der Waals surface area (Å²) in [4.78, 5) is 24.0. The van der Waals surface area contributed by atoms with Crippen LogP contribution < -0.4 is 10.1 Å². The summed E-state index contributed by atoms with van der Waals surface area (Å²) in [6.07, 6.45) is 0. The molecule has 0 radical (unpaired) electrons. The van der Waals surface area contributed by atoms with Crippen LogP contribution in [0.2, 0.25) is 0 Å². The van der Waals surface area contributed by atoms with E-state index in [4.69, 9.17) is 9.47 Å². The molecule has 0 fully saturated rings. The van der Waals surface area contributed by atoms with Crippen molar-refractivity contribution in [2.75, 3.05) is 11.9 Å². The summed E-state index contributed by atoms with van der Waals surface area (Å²) >= 11 is 0. The summed E-state index contributed by atoms with van der Waals surface area (Å²) in [5.74, 6) is 0.464. The van der Waals surface area contributed by atoms with E-state index in [9.17, 15) is 9.59 Å². The minimum Gasteiger partial charge on any atom is -0.457 e. The van der Waals surface area contributed by atoms with Gasteiger partial charge in [0, 0.05) is 5.69 Å². The van der Waals surface area contributed by atoms with Crippen LogP contribution in [0.25, 0.3) is 0 Å². The molecule has 3 rings (SSSR count). The topological polar surface area (TPSA) is 64.6 Å². The average Bonchev–Trinajstić information content (AvgIpc) is 2.69. The van der Waals surface area contributed by atoms with Crippen molar-refractivity contribution in [1.29, 1.82) is 0 Å². The highest BCUT2D eigenvalue weighted by Gasteiger charge is 2.12. The van der Waals surface area contributed by atoms with Crippen LogP contribution in [0.3, 0.4) is 0 Å². The van der Waals surface area contributed by atoms with Crippen LogP contribution in [0.15, 0.2) is 78.9 Å². The fraction of sp³-hybridized carbons (Fsp3) is 0.0909. The summed E-state index contributed by atoms with van der Waals surface area (Å²) in [6, 6.07) is 23.4. The SMILES string of the molecule is Cc1ccccc1C(=O)OCC(=O)Nc1ccc(Oc2ccccc2)cc1. The lowest BCUT2D eigenvalue weighted by atomic mass is 10.1. The number of nitrogens with one attached hydrogen (secondary N) is 1.